The van der Waals surface area contributed by atoms with Crippen LogP contribution in [0.3, 0.4) is 0 Å². The van der Waals surface area contributed by atoms with Gasteiger partial charge in [0.1, 0.15) is 12.4 Å². The van der Waals surface area contributed by atoms with Gasteiger partial charge in [-0.15, -0.1) is 34.2 Å². The van der Waals surface area contributed by atoms with Crippen LogP contribution in [0.5, 0.6) is 0 Å². The molecule has 2 aliphatic rings. The number of aromatic nitrogens is 3. The largest absolute Gasteiger partial charge is 0.355 e. The number of hydrogen-bond acceptors (Lipinski definition) is 4. The molecule has 25 heavy (non-hydrogen) atoms. The minimum atomic E-state index is 0. The number of nitrogens with one attached hydrogen (secondary N) is 2. The van der Waals surface area contributed by atoms with Crippen molar-refractivity contribution in [3.63, 3.8) is 0 Å². The fourth-order valence-corrected chi connectivity index (χ4v) is 3.35. The zero-order valence-corrected chi connectivity index (χ0v) is 18.2. The highest BCUT2D eigenvalue weighted by atomic mass is 127. The fourth-order valence-electron chi connectivity index (χ4n) is 3.35. The van der Waals surface area contributed by atoms with Crippen molar-refractivity contribution in [3.8, 4) is 0 Å². The first-order valence-electron chi connectivity index (χ1n) is 9.22. The van der Waals surface area contributed by atoms with Crippen molar-refractivity contribution in [2.75, 3.05) is 19.6 Å². The van der Waals surface area contributed by atoms with Gasteiger partial charge in [-0.05, 0) is 45.2 Å². The number of rotatable bonds is 6. The van der Waals surface area contributed by atoms with Gasteiger partial charge >= 0.3 is 0 Å². The van der Waals surface area contributed by atoms with Crippen LogP contribution in [0.1, 0.15) is 44.8 Å². The third kappa shape index (κ3) is 5.29. The van der Waals surface area contributed by atoms with Crippen molar-refractivity contribution in [3.05, 3.63) is 11.6 Å². The maximum absolute atomic E-state index is 4.75. The van der Waals surface area contributed by atoms with Crippen LogP contribution in [0.4, 0.5) is 0 Å². The molecule has 2 N–H and O–H groups in total. The van der Waals surface area contributed by atoms with Crippen molar-refractivity contribution >= 4 is 29.9 Å². The molecule has 0 radical (unpaired) electrons. The molecule has 142 valence electrons. The van der Waals surface area contributed by atoms with Gasteiger partial charge in [0, 0.05) is 25.7 Å². The minimum Gasteiger partial charge on any atom is -0.355 e. The molecular weight excluding hydrogens is 429 g/mol. The van der Waals surface area contributed by atoms with Gasteiger partial charge in [-0.1, -0.05) is 13.8 Å². The summed E-state index contributed by atoms with van der Waals surface area (Å²) in [5, 5.41) is 15.4. The lowest BCUT2D eigenvalue weighted by Gasteiger charge is -2.24. The summed E-state index contributed by atoms with van der Waals surface area (Å²) in [4.78, 5) is 7.30. The molecule has 3 unspecified atom stereocenters. The summed E-state index contributed by atoms with van der Waals surface area (Å²) in [6.45, 7) is 10.3. The second-order valence-electron chi connectivity index (χ2n) is 7.16. The third-order valence-corrected chi connectivity index (χ3v) is 5.40. The first-order chi connectivity index (χ1) is 11.6. The number of aliphatic imine (C=N–C) groups is 1. The van der Waals surface area contributed by atoms with E-state index < -0.39 is 0 Å². The number of likely N-dealkylation sites (N-methyl/N-ethyl adjacent to an activating group) is 1. The van der Waals surface area contributed by atoms with Crippen LogP contribution in [0, 0.1) is 12.8 Å². The molecule has 3 atom stereocenters. The molecule has 0 bridgehead atoms. The predicted molar refractivity (Wildman–Crippen MR) is 111 cm³/mol. The van der Waals surface area contributed by atoms with Crippen LogP contribution < -0.4 is 10.6 Å². The summed E-state index contributed by atoms with van der Waals surface area (Å²) in [5.41, 5.74) is 0. The molecule has 1 saturated carbocycles. The molecule has 3 rings (SSSR count). The summed E-state index contributed by atoms with van der Waals surface area (Å²) in [6.07, 6.45) is 3.81. The summed E-state index contributed by atoms with van der Waals surface area (Å²) >= 11 is 0. The Kier molecular flexibility index (Phi) is 7.48. The number of halogens is 1. The van der Waals surface area contributed by atoms with E-state index in [-0.39, 0.29) is 24.0 Å². The Bertz CT molecular complexity index is 586. The molecule has 2 fully saturated rings. The van der Waals surface area contributed by atoms with Crippen molar-refractivity contribution in [2.24, 2.45) is 18.0 Å². The van der Waals surface area contributed by atoms with Gasteiger partial charge in [0.05, 0.1) is 0 Å². The lowest BCUT2D eigenvalue weighted by molar-refractivity contribution is 0.267. The smallest absolute Gasteiger partial charge is 0.191 e. The normalized spacial score (nSPS) is 26.4. The second-order valence-corrected chi connectivity index (χ2v) is 7.16. The molecule has 0 aromatic carbocycles. The fraction of sp³-hybridized carbons (Fsp3) is 0.824. The molecule has 0 amide bonds. The Morgan fingerprint density at radius 2 is 2.12 bits per heavy atom. The van der Waals surface area contributed by atoms with Gasteiger partial charge < -0.3 is 15.2 Å². The van der Waals surface area contributed by atoms with Gasteiger partial charge in [-0.25, -0.2) is 4.99 Å². The lowest BCUT2D eigenvalue weighted by atomic mass is 10.2. The number of hydrogen-bond donors (Lipinski definition) is 2. The van der Waals surface area contributed by atoms with Crippen molar-refractivity contribution in [2.45, 2.75) is 58.7 Å². The maximum atomic E-state index is 4.75. The van der Waals surface area contributed by atoms with Gasteiger partial charge in [0.2, 0.25) is 0 Å². The molecule has 1 aliphatic carbocycles. The molecule has 1 aromatic rings. The zero-order chi connectivity index (χ0) is 17.1. The van der Waals surface area contributed by atoms with E-state index in [0.29, 0.717) is 18.6 Å². The van der Waals surface area contributed by atoms with Crippen LogP contribution in [0.2, 0.25) is 0 Å². The molecule has 1 saturated heterocycles. The summed E-state index contributed by atoms with van der Waals surface area (Å²) < 4.78 is 2.00. The highest BCUT2D eigenvalue weighted by Crippen LogP contribution is 2.28. The van der Waals surface area contributed by atoms with E-state index in [9.17, 15) is 0 Å². The first kappa shape index (κ1) is 20.4. The number of nitrogens with zero attached hydrogens (tertiary/aromatic N) is 5. The van der Waals surface area contributed by atoms with Crippen LogP contribution in [0.25, 0.3) is 0 Å². The Morgan fingerprint density at radius 3 is 2.72 bits per heavy atom. The van der Waals surface area contributed by atoms with Crippen LogP contribution in [-0.2, 0) is 13.6 Å². The second kappa shape index (κ2) is 9.16. The Labute approximate surface area is 168 Å². The SMILES string of the molecule is CCN1CCCC1CNC(=NCc1nnc(C)n1C)NC1CC1C.I. The lowest BCUT2D eigenvalue weighted by Crippen LogP contribution is -2.45. The van der Waals surface area contributed by atoms with E-state index in [1.54, 1.807) is 0 Å². The Balaban J connectivity index is 0.00000225. The maximum Gasteiger partial charge on any atom is 0.191 e. The zero-order valence-electron chi connectivity index (χ0n) is 15.8. The summed E-state index contributed by atoms with van der Waals surface area (Å²) in [5.74, 6) is 3.47. The van der Waals surface area contributed by atoms with Crippen molar-refractivity contribution in [1.29, 1.82) is 0 Å². The monoisotopic (exact) mass is 461 g/mol. The molecule has 8 heteroatoms. The number of aryl methyl sites for hydroxylation is 1. The van der Waals surface area contributed by atoms with E-state index >= 15 is 0 Å². The molecular formula is C17H32IN7. The molecule has 1 aliphatic heterocycles. The van der Waals surface area contributed by atoms with E-state index in [2.05, 4.69) is 39.6 Å². The van der Waals surface area contributed by atoms with Crippen molar-refractivity contribution < 1.29 is 0 Å². The van der Waals surface area contributed by atoms with Crippen molar-refractivity contribution in [1.82, 2.24) is 30.3 Å². The van der Waals surface area contributed by atoms with E-state index in [4.69, 9.17) is 4.99 Å². The van der Waals surface area contributed by atoms with Gasteiger partial charge in [-0.2, -0.15) is 0 Å². The Hall–Kier alpha value is -0.900. The summed E-state index contributed by atoms with van der Waals surface area (Å²) in [6, 6.07) is 1.18. The van der Waals surface area contributed by atoms with Gasteiger partial charge in [-0.3, -0.25) is 4.90 Å². The molecule has 2 heterocycles. The van der Waals surface area contributed by atoms with E-state index in [1.165, 1.54) is 25.8 Å². The minimum absolute atomic E-state index is 0. The van der Waals surface area contributed by atoms with Crippen LogP contribution >= 0.6 is 24.0 Å². The van der Waals surface area contributed by atoms with E-state index in [1.807, 2.05) is 18.5 Å². The Morgan fingerprint density at radius 1 is 1.36 bits per heavy atom. The quantitative estimate of drug-likeness (QED) is 0.383. The summed E-state index contributed by atoms with van der Waals surface area (Å²) in [7, 11) is 1.99. The first-order valence-corrected chi connectivity index (χ1v) is 9.22. The molecule has 7 nitrogen and oxygen atoms in total. The molecule has 1 aromatic heterocycles. The van der Waals surface area contributed by atoms with Gasteiger partial charge in [0.25, 0.3) is 0 Å². The molecule has 0 spiro atoms. The average molecular weight is 461 g/mol. The van der Waals surface area contributed by atoms with Crippen LogP contribution in [0.15, 0.2) is 4.99 Å². The number of guanidine groups is 1. The third-order valence-electron chi connectivity index (χ3n) is 5.40. The van der Waals surface area contributed by atoms with Crippen LogP contribution in [-0.4, -0.2) is 57.3 Å². The predicted octanol–water partition coefficient (Wildman–Crippen LogP) is 1.67. The number of likely N-dealkylation sites (tertiary alicyclic amines) is 1. The average Bonchev–Trinajstić information content (AvgIpc) is 2.97. The highest BCUT2D eigenvalue weighted by molar-refractivity contribution is 14.0. The van der Waals surface area contributed by atoms with E-state index in [0.717, 1.165) is 36.6 Å². The highest BCUT2D eigenvalue weighted by Gasteiger charge is 2.33. The topological polar surface area (TPSA) is 70.4 Å². The van der Waals surface area contributed by atoms with Gasteiger partial charge in [0.15, 0.2) is 11.8 Å². The standard InChI is InChI=1S/C17H31N7.HI/c1-5-24-8-6-7-14(24)10-18-17(20-15-9-12(15)2)19-11-16-22-21-13(3)23(16)4;/h12,14-15H,5-11H2,1-4H3,(H2,18,19,20);1H.